The number of hydrogen-bond donors (Lipinski definition) is 1. The Kier molecular flexibility index (Phi) is 9.02. The molecule has 0 bridgehead atoms. The summed E-state index contributed by atoms with van der Waals surface area (Å²) in [4.78, 5) is 27.7. The van der Waals surface area contributed by atoms with Crippen molar-refractivity contribution in [2.75, 3.05) is 6.61 Å². The van der Waals surface area contributed by atoms with Crippen LogP contribution >= 0.6 is 0 Å². The topological polar surface area (TPSA) is 58.6 Å². The van der Waals surface area contributed by atoms with E-state index in [1.807, 2.05) is 95.9 Å². The van der Waals surface area contributed by atoms with Crippen molar-refractivity contribution < 1.29 is 14.3 Å². The van der Waals surface area contributed by atoms with Gasteiger partial charge in [0.2, 0.25) is 5.91 Å². The molecule has 0 heterocycles. The lowest BCUT2D eigenvalue weighted by Gasteiger charge is -2.30. The number of rotatable bonds is 11. The first kappa shape index (κ1) is 23.2. The van der Waals surface area contributed by atoms with Crippen molar-refractivity contribution in [2.24, 2.45) is 0 Å². The van der Waals surface area contributed by atoms with Gasteiger partial charge in [-0.25, -0.2) is 0 Å². The van der Waals surface area contributed by atoms with Crippen molar-refractivity contribution in [1.29, 1.82) is 0 Å². The summed E-state index contributed by atoms with van der Waals surface area (Å²) >= 11 is 0. The van der Waals surface area contributed by atoms with Gasteiger partial charge in [0.05, 0.1) is 13.0 Å². The van der Waals surface area contributed by atoms with E-state index in [1.54, 1.807) is 6.92 Å². The highest BCUT2D eigenvalue weighted by Crippen LogP contribution is 2.17. The molecule has 0 radical (unpaired) electrons. The van der Waals surface area contributed by atoms with E-state index in [1.165, 1.54) is 0 Å². The Balaban J connectivity index is 1.78. The van der Waals surface area contributed by atoms with Crippen molar-refractivity contribution in [2.45, 2.75) is 39.0 Å². The molecular weight excluding hydrogens is 400 g/mol. The second kappa shape index (κ2) is 12.4. The van der Waals surface area contributed by atoms with Crippen LogP contribution in [0.1, 0.15) is 30.0 Å². The van der Waals surface area contributed by atoms with Gasteiger partial charge >= 0.3 is 5.97 Å². The molecule has 0 aromatic heterocycles. The summed E-state index contributed by atoms with van der Waals surface area (Å²) in [6.07, 6.45) is 0.0331. The van der Waals surface area contributed by atoms with E-state index in [2.05, 4.69) is 5.32 Å². The summed E-state index contributed by atoms with van der Waals surface area (Å²) in [5, 5.41) is 2.94. The van der Waals surface area contributed by atoms with Gasteiger partial charge in [-0.1, -0.05) is 91.0 Å². The number of benzene rings is 3. The zero-order chi connectivity index (χ0) is 22.6. The molecule has 0 spiro atoms. The average molecular weight is 431 g/mol. The number of carbonyl (C=O) groups excluding carboxylic acids is 2. The van der Waals surface area contributed by atoms with Crippen molar-refractivity contribution in [1.82, 2.24) is 10.2 Å². The zero-order valence-corrected chi connectivity index (χ0v) is 18.4. The van der Waals surface area contributed by atoms with Gasteiger partial charge in [-0.15, -0.1) is 0 Å². The highest BCUT2D eigenvalue weighted by molar-refractivity contribution is 5.85. The quantitative estimate of drug-likeness (QED) is 0.460. The van der Waals surface area contributed by atoms with E-state index in [9.17, 15) is 9.59 Å². The van der Waals surface area contributed by atoms with Crippen LogP contribution in [0.2, 0.25) is 0 Å². The van der Waals surface area contributed by atoms with Crippen molar-refractivity contribution >= 4 is 11.9 Å². The van der Waals surface area contributed by atoms with E-state index >= 15 is 0 Å². The molecule has 1 amide bonds. The maximum atomic E-state index is 12.9. The molecule has 1 atom stereocenters. The largest absolute Gasteiger partial charge is 0.465 e. The number of nitrogens with one attached hydrogen (secondary N) is 1. The third-order valence-corrected chi connectivity index (χ3v) is 5.17. The Morgan fingerprint density at radius 1 is 0.781 bits per heavy atom. The van der Waals surface area contributed by atoms with Crippen LogP contribution in [0, 0.1) is 0 Å². The Labute approximate surface area is 190 Å². The molecule has 1 N–H and O–H groups in total. The minimum atomic E-state index is -0.689. The first-order valence-electron chi connectivity index (χ1n) is 10.9. The fourth-order valence-corrected chi connectivity index (χ4v) is 3.56. The summed E-state index contributed by atoms with van der Waals surface area (Å²) in [5.41, 5.74) is 3.16. The minimum Gasteiger partial charge on any atom is -0.465 e. The second-order valence-electron chi connectivity index (χ2n) is 7.61. The highest BCUT2D eigenvalue weighted by Gasteiger charge is 2.30. The maximum absolute atomic E-state index is 12.9. The first-order chi connectivity index (χ1) is 15.7. The molecule has 0 saturated carbocycles. The van der Waals surface area contributed by atoms with Crippen LogP contribution in [0.4, 0.5) is 0 Å². The summed E-state index contributed by atoms with van der Waals surface area (Å²) in [6, 6.07) is 29.0. The maximum Gasteiger partial charge on any atom is 0.323 e. The highest BCUT2D eigenvalue weighted by atomic mass is 16.5. The molecular formula is C27H30N2O3. The van der Waals surface area contributed by atoms with Gasteiger partial charge in [-0.05, 0) is 23.6 Å². The van der Waals surface area contributed by atoms with Crippen molar-refractivity contribution in [3.63, 3.8) is 0 Å². The molecule has 32 heavy (non-hydrogen) atoms. The van der Waals surface area contributed by atoms with E-state index in [-0.39, 0.29) is 24.9 Å². The molecule has 0 aliphatic carbocycles. The fourth-order valence-electron chi connectivity index (χ4n) is 3.56. The predicted molar refractivity (Wildman–Crippen MR) is 125 cm³/mol. The molecule has 0 unspecified atom stereocenters. The smallest absolute Gasteiger partial charge is 0.323 e. The van der Waals surface area contributed by atoms with Crippen LogP contribution in [-0.2, 0) is 34.0 Å². The Morgan fingerprint density at radius 2 is 1.25 bits per heavy atom. The summed E-state index contributed by atoms with van der Waals surface area (Å²) < 4.78 is 5.36. The molecule has 3 aromatic carbocycles. The lowest BCUT2D eigenvalue weighted by Crippen LogP contribution is -2.44. The molecule has 0 aliphatic rings. The van der Waals surface area contributed by atoms with Gasteiger partial charge in [-0.2, -0.15) is 0 Å². The third-order valence-electron chi connectivity index (χ3n) is 5.17. The van der Waals surface area contributed by atoms with Gasteiger partial charge in [0, 0.05) is 19.6 Å². The minimum absolute atomic E-state index is 0.0331. The van der Waals surface area contributed by atoms with E-state index in [4.69, 9.17) is 4.74 Å². The predicted octanol–water partition coefficient (Wildman–Crippen LogP) is 4.33. The van der Waals surface area contributed by atoms with Gasteiger partial charge < -0.3 is 10.1 Å². The second-order valence-corrected chi connectivity index (χ2v) is 7.61. The number of esters is 1. The number of nitrogens with zero attached hydrogens (tertiary/aromatic N) is 1. The molecule has 3 aromatic rings. The number of amides is 1. The number of carbonyl (C=O) groups is 2. The summed E-state index contributed by atoms with van der Waals surface area (Å²) in [6.45, 7) is 3.54. The molecule has 5 heteroatoms. The van der Waals surface area contributed by atoms with Crippen LogP contribution in [-0.4, -0.2) is 29.4 Å². The summed E-state index contributed by atoms with van der Waals surface area (Å²) in [5.74, 6) is -0.563. The lowest BCUT2D eigenvalue weighted by atomic mass is 10.1. The van der Waals surface area contributed by atoms with Gasteiger partial charge in [-0.3, -0.25) is 14.5 Å². The fraction of sp³-hybridized carbons (Fsp3) is 0.259. The Bertz CT molecular complexity index is 920. The van der Waals surface area contributed by atoms with Crippen LogP contribution in [0.15, 0.2) is 91.0 Å². The molecule has 166 valence electrons. The third kappa shape index (κ3) is 7.36. The van der Waals surface area contributed by atoms with E-state index in [0.717, 1.165) is 16.7 Å². The average Bonchev–Trinajstić information content (AvgIpc) is 2.83. The Hall–Kier alpha value is -3.44. The molecule has 0 saturated heterocycles. The number of ether oxygens (including phenoxy) is 1. The first-order valence-corrected chi connectivity index (χ1v) is 10.9. The summed E-state index contributed by atoms with van der Waals surface area (Å²) in [7, 11) is 0. The van der Waals surface area contributed by atoms with E-state index in [0.29, 0.717) is 19.6 Å². The zero-order valence-electron chi connectivity index (χ0n) is 18.4. The Morgan fingerprint density at radius 3 is 1.72 bits per heavy atom. The lowest BCUT2D eigenvalue weighted by molar-refractivity contribution is -0.152. The number of hydrogen-bond acceptors (Lipinski definition) is 4. The monoisotopic (exact) mass is 430 g/mol. The normalized spacial score (nSPS) is 11.7. The standard InChI is InChI=1S/C27H30N2O3/c1-2-32-27(31)25(18-26(30)28-19-22-12-6-3-7-13-22)29(20-23-14-8-4-9-15-23)21-24-16-10-5-11-17-24/h3-17,25H,2,18-21H2,1H3,(H,28,30)/t25-/m0/s1. The van der Waals surface area contributed by atoms with E-state index < -0.39 is 6.04 Å². The van der Waals surface area contributed by atoms with Crippen LogP contribution in [0.5, 0.6) is 0 Å². The SMILES string of the molecule is CCOC(=O)[C@H](CC(=O)NCc1ccccc1)N(Cc1ccccc1)Cc1ccccc1. The molecule has 0 fully saturated rings. The van der Waals surface area contributed by atoms with Crippen molar-refractivity contribution in [3.8, 4) is 0 Å². The molecule has 5 nitrogen and oxygen atoms in total. The van der Waals surface area contributed by atoms with Gasteiger partial charge in [0.1, 0.15) is 6.04 Å². The molecule has 0 aliphatic heterocycles. The van der Waals surface area contributed by atoms with Gasteiger partial charge in [0.15, 0.2) is 0 Å². The van der Waals surface area contributed by atoms with Crippen LogP contribution < -0.4 is 5.32 Å². The van der Waals surface area contributed by atoms with Crippen LogP contribution in [0.25, 0.3) is 0 Å². The molecule has 3 rings (SSSR count). The van der Waals surface area contributed by atoms with Crippen molar-refractivity contribution in [3.05, 3.63) is 108 Å². The van der Waals surface area contributed by atoms with Crippen LogP contribution in [0.3, 0.4) is 0 Å². The van der Waals surface area contributed by atoms with Gasteiger partial charge in [0.25, 0.3) is 0 Å².